The van der Waals surface area contributed by atoms with Crippen LogP contribution < -0.4 is 4.74 Å². The number of aliphatic carboxylic acids is 2. The van der Waals surface area contributed by atoms with Crippen LogP contribution in [0.25, 0.3) is 9.69 Å². The topological polar surface area (TPSA) is 188 Å². The number of hydrogen-bond donors (Lipinski definition) is 3. The standard InChI is InChI=1S/C17H16N2O5.C10H12BrNO4.C7H5NO/c1-18-12-6-8-13(9-7-12)24-14-11-15(20)19(17(14)23)10-4-2-3-5-16(21)22;11-7-6-8(13)12(10(7)16)5-3-1-2-4-9(14)15;1-8-6-2-4-7(9)5-3-6/h6-9,11H,2-5,10H2,(H,21,22);6H,1-5H2,(H,14,15);2-5,9H. The Morgan fingerprint density at radius 1 is 0.673 bits per heavy atom. The third-order valence-electron chi connectivity index (χ3n) is 6.66. The molecule has 4 rings (SSSR count). The fourth-order valence-corrected chi connectivity index (χ4v) is 4.56. The van der Waals surface area contributed by atoms with Gasteiger partial charge in [0.05, 0.1) is 23.7 Å². The van der Waals surface area contributed by atoms with Crippen molar-refractivity contribution < 1.29 is 48.8 Å². The van der Waals surface area contributed by atoms with E-state index in [-0.39, 0.29) is 47.2 Å². The molecule has 0 saturated carbocycles. The minimum Gasteiger partial charge on any atom is -0.508 e. The molecule has 2 aromatic rings. The van der Waals surface area contributed by atoms with Crippen LogP contribution >= 0.6 is 15.9 Å². The molecule has 3 N–H and O–H groups in total. The summed E-state index contributed by atoms with van der Waals surface area (Å²) >= 11 is 3.00. The summed E-state index contributed by atoms with van der Waals surface area (Å²) in [7, 11) is 0. The van der Waals surface area contributed by atoms with Crippen molar-refractivity contribution in [1.82, 2.24) is 9.80 Å². The lowest BCUT2D eigenvalue weighted by Crippen LogP contribution is -2.32. The van der Waals surface area contributed by atoms with Crippen LogP contribution in [0.4, 0.5) is 11.4 Å². The molecular weight excluding hydrogens is 704 g/mol. The number of unbranched alkanes of at least 4 members (excludes halogenated alkanes) is 4. The number of phenolic OH excluding ortho intramolecular Hbond substituents is 1. The van der Waals surface area contributed by atoms with E-state index in [4.69, 9.17) is 33.2 Å². The number of aromatic hydroxyl groups is 1. The van der Waals surface area contributed by atoms with Crippen LogP contribution in [0.2, 0.25) is 0 Å². The second-order valence-corrected chi connectivity index (χ2v) is 11.2. The smallest absolute Gasteiger partial charge is 0.303 e. The molecule has 49 heavy (non-hydrogen) atoms. The van der Waals surface area contributed by atoms with Crippen molar-refractivity contribution >= 4 is 62.9 Å². The molecule has 0 bridgehead atoms. The van der Waals surface area contributed by atoms with Crippen molar-refractivity contribution in [3.8, 4) is 11.5 Å². The highest BCUT2D eigenvalue weighted by Gasteiger charge is 2.32. The Bertz CT molecular complexity index is 1670. The van der Waals surface area contributed by atoms with Crippen LogP contribution in [0.5, 0.6) is 11.5 Å². The Morgan fingerprint density at radius 3 is 1.55 bits per heavy atom. The molecule has 0 radical (unpaired) electrons. The summed E-state index contributed by atoms with van der Waals surface area (Å²) in [4.78, 5) is 76.0. The molecule has 4 amide bonds. The quantitative estimate of drug-likeness (QED) is 0.123. The predicted octanol–water partition coefficient (Wildman–Crippen LogP) is 5.74. The van der Waals surface area contributed by atoms with E-state index in [2.05, 4.69) is 25.6 Å². The van der Waals surface area contributed by atoms with E-state index in [0.717, 1.165) is 15.9 Å². The van der Waals surface area contributed by atoms with E-state index >= 15 is 0 Å². The molecule has 0 saturated heterocycles. The number of imide groups is 2. The van der Waals surface area contributed by atoms with Crippen molar-refractivity contribution in [2.24, 2.45) is 0 Å². The van der Waals surface area contributed by atoms with Crippen LogP contribution in [0, 0.1) is 13.1 Å². The second kappa shape index (κ2) is 20.4. The zero-order valence-electron chi connectivity index (χ0n) is 26.2. The summed E-state index contributed by atoms with van der Waals surface area (Å²) in [6, 6.07) is 12.4. The van der Waals surface area contributed by atoms with Gasteiger partial charge in [-0.15, -0.1) is 0 Å². The Balaban J connectivity index is 0.000000285. The maximum absolute atomic E-state index is 12.2. The summed E-state index contributed by atoms with van der Waals surface area (Å²) in [5.41, 5.74) is 1.00. The lowest BCUT2D eigenvalue weighted by atomic mass is 10.2. The van der Waals surface area contributed by atoms with Gasteiger partial charge < -0.3 is 20.1 Å². The third-order valence-corrected chi connectivity index (χ3v) is 7.23. The van der Waals surface area contributed by atoms with Crippen molar-refractivity contribution in [1.29, 1.82) is 0 Å². The lowest BCUT2D eigenvalue weighted by Gasteiger charge is -2.14. The van der Waals surface area contributed by atoms with Gasteiger partial charge in [-0.25, -0.2) is 9.69 Å². The number of carboxylic acid groups (broad SMARTS) is 2. The number of ether oxygens (including phenoxy) is 1. The zero-order valence-corrected chi connectivity index (χ0v) is 27.8. The number of benzene rings is 2. The van der Waals surface area contributed by atoms with Crippen LogP contribution in [-0.4, -0.2) is 73.8 Å². The normalized spacial score (nSPS) is 13.3. The molecule has 15 heteroatoms. The molecular formula is C34H33BrN4O10. The Morgan fingerprint density at radius 2 is 1.12 bits per heavy atom. The Hall–Kier alpha value is -5.80. The van der Waals surface area contributed by atoms with Gasteiger partial charge in [0, 0.05) is 32.0 Å². The first-order chi connectivity index (χ1) is 23.4. The van der Waals surface area contributed by atoms with Gasteiger partial charge in [-0.05, 0) is 65.9 Å². The second-order valence-electron chi connectivity index (χ2n) is 10.3. The van der Waals surface area contributed by atoms with E-state index in [1.165, 1.54) is 18.2 Å². The summed E-state index contributed by atoms with van der Waals surface area (Å²) in [6.07, 6.45) is 6.18. The summed E-state index contributed by atoms with van der Waals surface area (Å²) in [5.74, 6) is -2.74. The van der Waals surface area contributed by atoms with Gasteiger partial charge in [0.2, 0.25) is 0 Å². The number of phenols is 1. The van der Waals surface area contributed by atoms with Crippen LogP contribution in [0.1, 0.15) is 51.4 Å². The molecule has 2 aliphatic heterocycles. The van der Waals surface area contributed by atoms with Gasteiger partial charge >= 0.3 is 11.9 Å². The highest BCUT2D eigenvalue weighted by atomic mass is 79.9. The lowest BCUT2D eigenvalue weighted by molar-refractivity contribution is -0.139. The summed E-state index contributed by atoms with van der Waals surface area (Å²) in [6.45, 7) is 14.0. The number of halogens is 1. The van der Waals surface area contributed by atoms with Gasteiger partial charge in [0.1, 0.15) is 11.5 Å². The largest absolute Gasteiger partial charge is 0.508 e. The van der Waals surface area contributed by atoms with Crippen molar-refractivity contribution in [3.05, 3.63) is 93.8 Å². The molecule has 0 aromatic heterocycles. The van der Waals surface area contributed by atoms with Crippen LogP contribution in [0.3, 0.4) is 0 Å². The molecule has 0 aliphatic carbocycles. The zero-order chi connectivity index (χ0) is 36.3. The molecule has 14 nitrogen and oxygen atoms in total. The van der Waals surface area contributed by atoms with Gasteiger partial charge in [-0.1, -0.05) is 37.1 Å². The Labute approximate surface area is 290 Å². The van der Waals surface area contributed by atoms with Gasteiger partial charge in [-0.2, -0.15) is 0 Å². The van der Waals surface area contributed by atoms with Crippen molar-refractivity contribution in [2.75, 3.05) is 13.1 Å². The van der Waals surface area contributed by atoms with E-state index in [1.54, 1.807) is 36.4 Å². The average Bonchev–Trinajstić information content (AvgIpc) is 3.48. The van der Waals surface area contributed by atoms with Crippen LogP contribution in [-0.2, 0) is 28.8 Å². The molecule has 0 atom stereocenters. The number of hydrogen-bond acceptors (Lipinski definition) is 8. The van der Waals surface area contributed by atoms with Crippen molar-refractivity contribution in [3.63, 3.8) is 0 Å². The van der Waals surface area contributed by atoms with Crippen molar-refractivity contribution in [2.45, 2.75) is 51.4 Å². The molecule has 2 aliphatic rings. The maximum Gasteiger partial charge on any atom is 0.303 e. The fourth-order valence-electron chi connectivity index (χ4n) is 4.15. The first-order valence-corrected chi connectivity index (χ1v) is 15.7. The fraction of sp³-hybridized carbons (Fsp3) is 0.294. The number of carbonyl (C=O) groups is 6. The predicted molar refractivity (Wildman–Crippen MR) is 178 cm³/mol. The molecule has 0 fully saturated rings. The first-order valence-electron chi connectivity index (χ1n) is 14.9. The van der Waals surface area contributed by atoms with Crippen LogP contribution in [0.15, 0.2) is 70.9 Å². The third kappa shape index (κ3) is 13.8. The molecule has 2 heterocycles. The minimum atomic E-state index is -0.857. The van der Waals surface area contributed by atoms with Gasteiger partial charge in [0.25, 0.3) is 23.6 Å². The molecule has 0 spiro atoms. The molecule has 2 aromatic carbocycles. The number of carboxylic acids is 2. The SMILES string of the molecule is O=C(O)CCCCCN1C(=O)C=C(Br)C1=O.[C-]#[N+]c1ccc(O)cc1.[C-]#[N+]c1ccc(OC2=CC(=O)N(CCCCCC(=O)O)C2=O)cc1. The summed E-state index contributed by atoms with van der Waals surface area (Å²) in [5, 5.41) is 25.7. The number of amides is 4. The highest BCUT2D eigenvalue weighted by Crippen LogP contribution is 2.23. The number of rotatable bonds is 14. The highest BCUT2D eigenvalue weighted by molar-refractivity contribution is 9.12. The molecule has 256 valence electrons. The summed E-state index contributed by atoms with van der Waals surface area (Å²) < 4.78 is 5.70. The average molecular weight is 738 g/mol. The Kier molecular flexibility index (Phi) is 16.4. The monoisotopic (exact) mass is 736 g/mol. The van der Waals surface area contributed by atoms with E-state index in [0.29, 0.717) is 62.2 Å². The van der Waals surface area contributed by atoms with E-state index < -0.39 is 23.8 Å². The first kappa shape index (κ1) is 39.4. The maximum atomic E-state index is 12.2. The van der Waals surface area contributed by atoms with E-state index in [9.17, 15) is 28.8 Å². The van der Waals surface area contributed by atoms with Gasteiger partial charge in [0.15, 0.2) is 17.1 Å². The number of nitrogens with zero attached hydrogens (tertiary/aromatic N) is 4. The van der Waals surface area contributed by atoms with E-state index in [1.807, 2.05) is 0 Å². The molecule has 0 unspecified atom stereocenters. The number of carbonyl (C=O) groups excluding carboxylic acids is 4. The van der Waals surface area contributed by atoms with Gasteiger partial charge in [-0.3, -0.25) is 38.6 Å². The minimum absolute atomic E-state index is 0.0545.